The molecule has 0 N–H and O–H groups in total. The van der Waals surface area contributed by atoms with Crippen molar-refractivity contribution in [2.24, 2.45) is 5.16 Å². The quantitative estimate of drug-likeness (QED) is 0.837. The zero-order chi connectivity index (χ0) is 17.3. The van der Waals surface area contributed by atoms with E-state index >= 15 is 0 Å². The summed E-state index contributed by atoms with van der Waals surface area (Å²) in [5.41, 5.74) is 0.479. The molecule has 7 heteroatoms. The normalized spacial score (nSPS) is 22.7. The van der Waals surface area contributed by atoms with Crippen LogP contribution in [0.1, 0.15) is 37.0 Å². The molecule has 0 radical (unpaired) electrons. The molecule has 1 aromatic heterocycles. The molecule has 3 heterocycles. The van der Waals surface area contributed by atoms with Crippen LogP contribution in [0.25, 0.3) is 0 Å². The number of oxime groups is 1. The van der Waals surface area contributed by atoms with Crippen LogP contribution in [0, 0.1) is 0 Å². The minimum absolute atomic E-state index is 0.0445. The van der Waals surface area contributed by atoms with Gasteiger partial charge in [-0.05, 0) is 26.0 Å². The summed E-state index contributed by atoms with van der Waals surface area (Å²) in [5.74, 6) is -0.155. The van der Waals surface area contributed by atoms with Crippen LogP contribution in [-0.2, 0) is 9.63 Å². The topological polar surface area (TPSA) is 75.1 Å². The molecular formula is C17H22N4O3. The van der Waals surface area contributed by atoms with Gasteiger partial charge >= 0.3 is 0 Å². The van der Waals surface area contributed by atoms with Crippen molar-refractivity contribution >= 4 is 17.5 Å². The molecule has 2 aliphatic heterocycles. The highest BCUT2D eigenvalue weighted by Crippen LogP contribution is 2.34. The van der Waals surface area contributed by atoms with Gasteiger partial charge in [0.25, 0.3) is 11.8 Å². The van der Waals surface area contributed by atoms with Crippen molar-refractivity contribution in [3.8, 4) is 0 Å². The summed E-state index contributed by atoms with van der Waals surface area (Å²) in [6, 6.07) is 3.50. The van der Waals surface area contributed by atoms with Crippen molar-refractivity contribution in [2.45, 2.75) is 38.3 Å². The molecule has 1 aromatic rings. The number of pyridine rings is 1. The standard InChI is InChI=1S/C17H22N4O3/c1-12(2)20(3)16(23)14-10-17(24-19-14)6-9-21(11-17)15(22)13-4-7-18-8-5-13/h4-5,7-8,12H,6,9-11H2,1-3H3. The minimum atomic E-state index is -0.564. The summed E-state index contributed by atoms with van der Waals surface area (Å²) in [6.07, 6.45) is 4.33. The molecule has 0 aromatic carbocycles. The summed E-state index contributed by atoms with van der Waals surface area (Å²) in [5, 5.41) is 4.02. The molecule has 1 spiro atoms. The molecule has 24 heavy (non-hydrogen) atoms. The van der Waals surface area contributed by atoms with Crippen molar-refractivity contribution in [3.05, 3.63) is 30.1 Å². The van der Waals surface area contributed by atoms with E-state index in [0.717, 1.165) is 0 Å². The van der Waals surface area contributed by atoms with Crippen LogP contribution < -0.4 is 0 Å². The number of nitrogens with zero attached hydrogens (tertiary/aromatic N) is 4. The van der Waals surface area contributed by atoms with E-state index in [1.807, 2.05) is 13.8 Å². The fourth-order valence-electron chi connectivity index (χ4n) is 2.99. The molecule has 0 aliphatic carbocycles. The van der Waals surface area contributed by atoms with Gasteiger partial charge in [0.15, 0.2) is 5.60 Å². The highest BCUT2D eigenvalue weighted by molar-refractivity contribution is 6.39. The third-order valence-corrected chi connectivity index (χ3v) is 4.71. The van der Waals surface area contributed by atoms with E-state index in [2.05, 4.69) is 10.1 Å². The lowest BCUT2D eigenvalue weighted by Gasteiger charge is -2.23. The first kappa shape index (κ1) is 16.4. The molecule has 2 amide bonds. The van der Waals surface area contributed by atoms with E-state index in [1.165, 1.54) is 0 Å². The summed E-state index contributed by atoms with van der Waals surface area (Å²) in [4.78, 5) is 37.9. The summed E-state index contributed by atoms with van der Waals surface area (Å²) < 4.78 is 0. The maximum absolute atomic E-state index is 12.5. The molecule has 1 fully saturated rings. The number of likely N-dealkylation sites (tertiary alicyclic amines) is 1. The van der Waals surface area contributed by atoms with E-state index < -0.39 is 5.60 Å². The van der Waals surface area contributed by atoms with E-state index in [0.29, 0.717) is 37.2 Å². The van der Waals surface area contributed by atoms with E-state index in [1.54, 1.807) is 41.4 Å². The van der Waals surface area contributed by atoms with Crippen LogP contribution in [0.15, 0.2) is 29.7 Å². The maximum Gasteiger partial charge on any atom is 0.271 e. The second-order valence-corrected chi connectivity index (χ2v) is 6.71. The predicted molar refractivity (Wildman–Crippen MR) is 88.5 cm³/mol. The van der Waals surface area contributed by atoms with Gasteiger partial charge in [0, 0.05) is 50.4 Å². The number of hydrogen-bond acceptors (Lipinski definition) is 5. The average molecular weight is 330 g/mol. The van der Waals surface area contributed by atoms with Crippen molar-refractivity contribution in [3.63, 3.8) is 0 Å². The van der Waals surface area contributed by atoms with Gasteiger partial charge in [0.05, 0.1) is 6.54 Å². The van der Waals surface area contributed by atoms with Crippen LogP contribution >= 0.6 is 0 Å². The zero-order valence-electron chi connectivity index (χ0n) is 14.2. The number of aromatic nitrogens is 1. The molecule has 0 saturated carbocycles. The fourth-order valence-corrected chi connectivity index (χ4v) is 2.99. The summed E-state index contributed by atoms with van der Waals surface area (Å²) >= 11 is 0. The van der Waals surface area contributed by atoms with Crippen LogP contribution in [-0.4, -0.2) is 64.1 Å². The Morgan fingerprint density at radius 1 is 1.33 bits per heavy atom. The first-order valence-corrected chi connectivity index (χ1v) is 8.13. The highest BCUT2D eigenvalue weighted by Gasteiger charge is 2.48. The number of carbonyl (C=O) groups is 2. The molecule has 2 aliphatic rings. The number of carbonyl (C=O) groups excluding carboxylic acids is 2. The third-order valence-electron chi connectivity index (χ3n) is 4.71. The lowest BCUT2D eigenvalue weighted by atomic mass is 9.96. The minimum Gasteiger partial charge on any atom is -0.386 e. The Bertz CT molecular complexity index is 674. The fraction of sp³-hybridized carbons (Fsp3) is 0.529. The molecule has 0 bridgehead atoms. The third kappa shape index (κ3) is 2.98. The maximum atomic E-state index is 12.5. The highest BCUT2D eigenvalue weighted by atomic mass is 16.7. The Morgan fingerprint density at radius 3 is 2.71 bits per heavy atom. The Labute approximate surface area is 141 Å². The van der Waals surface area contributed by atoms with E-state index in [4.69, 9.17) is 4.84 Å². The second-order valence-electron chi connectivity index (χ2n) is 6.71. The van der Waals surface area contributed by atoms with Crippen LogP contribution in [0.4, 0.5) is 0 Å². The first-order valence-electron chi connectivity index (χ1n) is 8.13. The summed E-state index contributed by atoms with van der Waals surface area (Å²) in [6.45, 7) is 4.95. The van der Waals surface area contributed by atoms with Gasteiger partial charge in [0.2, 0.25) is 0 Å². The molecule has 1 unspecified atom stereocenters. The lowest BCUT2D eigenvalue weighted by Crippen LogP contribution is -2.40. The number of amides is 2. The predicted octanol–water partition coefficient (Wildman–Crippen LogP) is 1.31. The molecule has 3 rings (SSSR count). The Balaban J connectivity index is 1.64. The average Bonchev–Trinajstić information content (AvgIpc) is 3.21. The van der Waals surface area contributed by atoms with Gasteiger partial charge in [-0.3, -0.25) is 14.6 Å². The van der Waals surface area contributed by atoms with Gasteiger partial charge in [-0.2, -0.15) is 0 Å². The second kappa shape index (κ2) is 6.22. The van der Waals surface area contributed by atoms with Crippen molar-refractivity contribution in [2.75, 3.05) is 20.1 Å². The molecule has 7 nitrogen and oxygen atoms in total. The van der Waals surface area contributed by atoms with Crippen LogP contribution in [0.2, 0.25) is 0 Å². The van der Waals surface area contributed by atoms with Crippen molar-refractivity contribution in [1.29, 1.82) is 0 Å². The molecule has 128 valence electrons. The van der Waals surface area contributed by atoms with Crippen LogP contribution in [0.5, 0.6) is 0 Å². The van der Waals surface area contributed by atoms with Gasteiger partial charge < -0.3 is 14.6 Å². The van der Waals surface area contributed by atoms with E-state index in [9.17, 15) is 9.59 Å². The molecule has 1 saturated heterocycles. The van der Waals surface area contributed by atoms with Crippen molar-refractivity contribution < 1.29 is 14.4 Å². The monoisotopic (exact) mass is 330 g/mol. The number of rotatable bonds is 3. The van der Waals surface area contributed by atoms with Crippen molar-refractivity contribution in [1.82, 2.24) is 14.8 Å². The Kier molecular flexibility index (Phi) is 4.26. The van der Waals surface area contributed by atoms with Gasteiger partial charge in [0.1, 0.15) is 5.71 Å². The van der Waals surface area contributed by atoms with E-state index in [-0.39, 0.29) is 17.9 Å². The van der Waals surface area contributed by atoms with Gasteiger partial charge in [-0.1, -0.05) is 5.16 Å². The molecule has 1 atom stereocenters. The van der Waals surface area contributed by atoms with Gasteiger partial charge in [-0.25, -0.2) is 0 Å². The largest absolute Gasteiger partial charge is 0.386 e. The van der Waals surface area contributed by atoms with Crippen LogP contribution in [0.3, 0.4) is 0 Å². The van der Waals surface area contributed by atoms with Gasteiger partial charge in [-0.15, -0.1) is 0 Å². The SMILES string of the molecule is CC(C)N(C)C(=O)C1=NOC2(CCN(C(=O)c3ccncc3)C2)C1. The first-order chi connectivity index (χ1) is 11.4. The molecular weight excluding hydrogens is 308 g/mol. The Morgan fingerprint density at radius 2 is 2.04 bits per heavy atom. The lowest BCUT2D eigenvalue weighted by molar-refractivity contribution is -0.124. The number of hydrogen-bond donors (Lipinski definition) is 0. The zero-order valence-corrected chi connectivity index (χ0v) is 14.2. The smallest absolute Gasteiger partial charge is 0.271 e. The Hall–Kier alpha value is -2.44. The summed E-state index contributed by atoms with van der Waals surface area (Å²) in [7, 11) is 1.76.